The molecule has 0 spiro atoms. The fourth-order valence-corrected chi connectivity index (χ4v) is 1.60. The van der Waals surface area contributed by atoms with Crippen LogP contribution in [0.3, 0.4) is 0 Å². The molecule has 0 atom stereocenters. The second-order valence-corrected chi connectivity index (χ2v) is 4.11. The number of aryl methyl sites for hydroxylation is 1. The molecule has 1 heterocycles. The molecule has 1 aromatic carbocycles. The summed E-state index contributed by atoms with van der Waals surface area (Å²) in [6, 6.07) is 11.3. The highest BCUT2D eigenvalue weighted by Gasteiger charge is 2.04. The van der Waals surface area contributed by atoms with Gasteiger partial charge in [0.15, 0.2) is 0 Å². The summed E-state index contributed by atoms with van der Waals surface area (Å²) >= 11 is 0. The predicted octanol–water partition coefficient (Wildman–Crippen LogP) is -0.914. The fourth-order valence-electron chi connectivity index (χ4n) is 1.60. The van der Waals surface area contributed by atoms with Crippen molar-refractivity contribution in [3.63, 3.8) is 0 Å². The molecule has 0 saturated heterocycles. The summed E-state index contributed by atoms with van der Waals surface area (Å²) in [6.45, 7) is 2.34. The Bertz CT molecular complexity index is 633. The number of nitrogens with one attached hydrogen (secondary N) is 3. The summed E-state index contributed by atoms with van der Waals surface area (Å²) in [5.74, 6) is 0.653. The van der Waals surface area contributed by atoms with Gasteiger partial charge in [0.25, 0.3) is 11.5 Å². The van der Waals surface area contributed by atoms with Gasteiger partial charge in [0.05, 0.1) is 6.54 Å². The van der Waals surface area contributed by atoms with Crippen molar-refractivity contribution in [2.24, 2.45) is 5.73 Å². The largest absolute Gasteiger partial charge is 0.348 e. The van der Waals surface area contributed by atoms with E-state index in [-0.39, 0.29) is 5.56 Å². The van der Waals surface area contributed by atoms with Crippen LogP contribution in [0.25, 0.3) is 0 Å². The van der Waals surface area contributed by atoms with Crippen LogP contribution in [0.15, 0.2) is 41.2 Å². The maximum atomic E-state index is 11.3. The van der Waals surface area contributed by atoms with Crippen LogP contribution >= 0.6 is 0 Å². The Kier molecular flexibility index (Phi) is 3.92. The molecule has 2 rings (SSSR count). The van der Waals surface area contributed by atoms with Crippen molar-refractivity contribution in [3.8, 4) is 0 Å². The average Bonchev–Trinajstić information content (AvgIpc) is 2.36. The van der Waals surface area contributed by atoms with Crippen LogP contribution in [0.5, 0.6) is 0 Å². The highest BCUT2D eigenvalue weighted by atomic mass is 16.1. The first-order chi connectivity index (χ1) is 9.13. The van der Waals surface area contributed by atoms with E-state index in [0.717, 1.165) is 5.56 Å². The van der Waals surface area contributed by atoms with E-state index < -0.39 is 0 Å². The molecule has 0 radical (unpaired) electrons. The molecule has 0 saturated carbocycles. The lowest BCUT2D eigenvalue weighted by Gasteiger charge is -2.00. The summed E-state index contributed by atoms with van der Waals surface area (Å²) in [4.78, 5) is 21.0. The number of aromatic amines is 1. The number of anilines is 1. The molecular formula is C13H16N5O+. The lowest BCUT2D eigenvalue weighted by atomic mass is 10.2. The number of nitrogens with two attached hydrogens (primary N) is 1. The van der Waals surface area contributed by atoms with E-state index in [1.54, 1.807) is 6.92 Å². The van der Waals surface area contributed by atoms with E-state index >= 15 is 0 Å². The van der Waals surface area contributed by atoms with E-state index in [1.165, 1.54) is 6.07 Å². The number of benzene rings is 1. The third kappa shape index (κ3) is 3.95. The summed E-state index contributed by atoms with van der Waals surface area (Å²) < 4.78 is 0. The Morgan fingerprint density at radius 2 is 2.16 bits per heavy atom. The van der Waals surface area contributed by atoms with Crippen molar-refractivity contribution >= 4 is 11.9 Å². The van der Waals surface area contributed by atoms with Crippen LogP contribution in [0.2, 0.25) is 0 Å². The zero-order chi connectivity index (χ0) is 13.7. The Morgan fingerprint density at radius 3 is 2.84 bits per heavy atom. The smallest absolute Gasteiger partial charge is 0.290 e. The van der Waals surface area contributed by atoms with E-state index in [9.17, 15) is 4.79 Å². The van der Waals surface area contributed by atoms with Gasteiger partial charge in [-0.1, -0.05) is 30.3 Å². The third-order valence-electron chi connectivity index (χ3n) is 2.45. The molecule has 98 valence electrons. The zero-order valence-corrected chi connectivity index (χ0v) is 10.6. The minimum Gasteiger partial charge on any atom is -0.290 e. The maximum Gasteiger partial charge on any atom is 0.348 e. The minimum atomic E-state index is -0.217. The monoisotopic (exact) mass is 258 g/mol. The molecule has 5 N–H and O–H groups in total. The number of nitrogens with zero attached hydrogens (tertiary/aromatic N) is 1. The number of aromatic nitrogens is 2. The highest BCUT2D eigenvalue weighted by Crippen LogP contribution is 1.95. The van der Waals surface area contributed by atoms with Gasteiger partial charge in [-0.3, -0.25) is 20.5 Å². The Hall–Kier alpha value is -2.63. The summed E-state index contributed by atoms with van der Waals surface area (Å²) in [7, 11) is 0. The summed E-state index contributed by atoms with van der Waals surface area (Å²) in [6.07, 6.45) is 0. The molecule has 0 aliphatic carbocycles. The molecule has 0 aliphatic rings. The van der Waals surface area contributed by atoms with Gasteiger partial charge in [-0.2, -0.15) is 0 Å². The SMILES string of the molecule is Cc1cc(=O)[nH]c(NC(N)=[NH+]Cc2ccccc2)n1. The number of guanidine groups is 1. The summed E-state index contributed by atoms with van der Waals surface area (Å²) in [5, 5.41) is 2.81. The number of hydrogen-bond acceptors (Lipinski definition) is 2. The standard InChI is InChI=1S/C13H15N5O/c1-9-7-11(19)17-13(16-9)18-12(14)15-8-10-5-3-2-4-6-10/h2-7H,8H2,1H3,(H4,14,15,16,17,18,19)/p+1. The van der Waals surface area contributed by atoms with Gasteiger partial charge < -0.3 is 0 Å². The van der Waals surface area contributed by atoms with Gasteiger partial charge >= 0.3 is 5.96 Å². The minimum absolute atomic E-state index is 0.217. The van der Waals surface area contributed by atoms with Crippen LogP contribution in [0, 0.1) is 6.92 Å². The van der Waals surface area contributed by atoms with Gasteiger partial charge in [0.1, 0.15) is 0 Å². The second kappa shape index (κ2) is 5.81. The Labute approximate surface area is 110 Å². The molecule has 1 aromatic heterocycles. The molecule has 0 bridgehead atoms. The van der Waals surface area contributed by atoms with E-state index in [1.807, 2.05) is 30.3 Å². The molecule has 0 amide bonds. The molecule has 6 heteroatoms. The summed E-state index contributed by atoms with van der Waals surface area (Å²) in [5.41, 5.74) is 7.31. The average molecular weight is 258 g/mol. The number of H-pyrrole nitrogens is 1. The predicted molar refractivity (Wildman–Crippen MR) is 73.5 cm³/mol. The highest BCUT2D eigenvalue weighted by molar-refractivity contribution is 5.85. The molecule has 2 aromatic rings. The van der Waals surface area contributed by atoms with Gasteiger partial charge in [-0.25, -0.2) is 10.3 Å². The quantitative estimate of drug-likeness (QED) is 0.423. The van der Waals surface area contributed by atoms with E-state index in [0.29, 0.717) is 24.1 Å². The third-order valence-corrected chi connectivity index (χ3v) is 2.45. The van der Waals surface area contributed by atoms with Gasteiger partial charge in [-0.15, -0.1) is 0 Å². The molecule has 0 aliphatic heterocycles. The molecule has 0 fully saturated rings. The van der Waals surface area contributed by atoms with Crippen molar-refractivity contribution in [1.82, 2.24) is 9.97 Å². The van der Waals surface area contributed by atoms with Crippen LogP contribution in [0.4, 0.5) is 5.95 Å². The Morgan fingerprint density at radius 1 is 1.42 bits per heavy atom. The Balaban J connectivity index is 2.04. The van der Waals surface area contributed by atoms with E-state index in [2.05, 4.69) is 20.3 Å². The van der Waals surface area contributed by atoms with Gasteiger partial charge in [-0.05, 0) is 12.5 Å². The van der Waals surface area contributed by atoms with Gasteiger partial charge in [0, 0.05) is 11.8 Å². The van der Waals surface area contributed by atoms with Crippen molar-refractivity contribution < 1.29 is 4.99 Å². The number of rotatable bonds is 3. The molecular weight excluding hydrogens is 242 g/mol. The zero-order valence-electron chi connectivity index (χ0n) is 10.6. The number of hydrogen-bond donors (Lipinski definition) is 4. The van der Waals surface area contributed by atoms with Crippen molar-refractivity contribution in [3.05, 3.63) is 58.0 Å². The normalized spacial score (nSPS) is 11.3. The first-order valence-corrected chi connectivity index (χ1v) is 5.89. The van der Waals surface area contributed by atoms with Crippen molar-refractivity contribution in [2.45, 2.75) is 13.5 Å². The lowest BCUT2D eigenvalue weighted by Crippen LogP contribution is -2.75. The van der Waals surface area contributed by atoms with Crippen LogP contribution in [0.1, 0.15) is 11.3 Å². The van der Waals surface area contributed by atoms with E-state index in [4.69, 9.17) is 5.73 Å². The first-order valence-electron chi connectivity index (χ1n) is 5.89. The molecule has 6 nitrogen and oxygen atoms in total. The molecule has 19 heavy (non-hydrogen) atoms. The fraction of sp³-hybridized carbons (Fsp3) is 0.154. The van der Waals surface area contributed by atoms with Crippen LogP contribution in [-0.2, 0) is 6.54 Å². The van der Waals surface area contributed by atoms with Crippen molar-refractivity contribution in [1.29, 1.82) is 0 Å². The molecule has 0 unspecified atom stereocenters. The lowest BCUT2D eigenvalue weighted by molar-refractivity contribution is -0.476. The van der Waals surface area contributed by atoms with Crippen molar-refractivity contribution in [2.75, 3.05) is 5.32 Å². The maximum absolute atomic E-state index is 11.3. The van der Waals surface area contributed by atoms with Crippen LogP contribution < -0.4 is 21.6 Å². The van der Waals surface area contributed by atoms with Gasteiger partial charge in [0.2, 0.25) is 0 Å². The second-order valence-electron chi connectivity index (χ2n) is 4.11. The van der Waals surface area contributed by atoms with Crippen LogP contribution in [-0.4, -0.2) is 15.9 Å². The first kappa shape index (κ1) is 12.8. The topological polar surface area (TPSA) is 97.8 Å².